The van der Waals surface area contributed by atoms with Gasteiger partial charge in [-0.3, -0.25) is 0 Å². The maximum Gasteiger partial charge on any atom is 0.0658 e. The van der Waals surface area contributed by atoms with Crippen molar-refractivity contribution < 1.29 is 17.1 Å². The summed E-state index contributed by atoms with van der Waals surface area (Å²) in [6.07, 6.45) is 48.5. The average molecular weight is 1930 g/mol. The van der Waals surface area contributed by atoms with Gasteiger partial charge < -0.3 is 59.8 Å². The Labute approximate surface area is 837 Å². The number of rotatable bonds is 0. The molecule has 0 aliphatic carbocycles. The zero-order valence-electron chi connectivity index (χ0n) is 77.2. The van der Waals surface area contributed by atoms with E-state index in [2.05, 4.69) is 265 Å². The Kier molecular flexibility index (Phi) is 23.5. The van der Waals surface area contributed by atoms with Crippen molar-refractivity contribution in [2.24, 2.45) is 0 Å². The van der Waals surface area contributed by atoms with E-state index in [9.17, 15) is 0 Å². The van der Waals surface area contributed by atoms with Gasteiger partial charge in [-0.2, -0.15) is 0 Å². The summed E-state index contributed by atoms with van der Waals surface area (Å²) in [4.78, 5) is 96.1. The van der Waals surface area contributed by atoms with Gasteiger partial charge in [0.05, 0.1) is 137 Å². The van der Waals surface area contributed by atoms with E-state index in [-0.39, 0.29) is 17.1 Å². The Bertz CT molecular complexity index is 7360. The molecule has 0 unspecified atom stereocenters. The Hall–Kier alpha value is -19.9. The molecule has 695 valence electrons. The van der Waals surface area contributed by atoms with Crippen LogP contribution in [0.4, 0.5) is 0 Å². The number of fused-ring (bicyclic) bond motifs is 48. The van der Waals surface area contributed by atoms with Gasteiger partial charge in [0.15, 0.2) is 0 Å². The molecular weight excluding hydrogens is 1840 g/mol. The number of hydrogen-bond acceptors (Lipinski definition) is 12. The van der Waals surface area contributed by atoms with Gasteiger partial charge in [0, 0.05) is 149 Å². The van der Waals surface area contributed by atoms with Crippen LogP contribution in [0.25, 0.3) is 278 Å². The molecule has 0 aromatic carbocycles. The molecule has 12 N–H and O–H groups in total. The van der Waals surface area contributed by atoms with Crippen molar-refractivity contribution in [3.05, 3.63) is 428 Å². The molecule has 25 heteroatoms. The first kappa shape index (κ1) is 87.9. The average Bonchev–Trinajstić information content (AvgIpc) is 1.71. The zero-order valence-corrected chi connectivity index (χ0v) is 78.2. The second kappa shape index (κ2) is 38.8. The van der Waals surface area contributed by atoms with E-state index in [0.717, 1.165) is 269 Å². The minimum absolute atomic E-state index is 0. The van der Waals surface area contributed by atoms with Crippen molar-refractivity contribution in [3.8, 4) is 0 Å². The van der Waals surface area contributed by atoms with Gasteiger partial charge in [0.1, 0.15) is 0 Å². The summed E-state index contributed by atoms with van der Waals surface area (Å²) in [5.74, 6) is 0. The summed E-state index contributed by atoms with van der Waals surface area (Å²) in [5, 5.41) is 0. The van der Waals surface area contributed by atoms with Crippen molar-refractivity contribution in [1.29, 1.82) is 0 Å². The molecule has 0 spiro atoms. The summed E-state index contributed by atoms with van der Waals surface area (Å²) in [6, 6.07) is 98.2. The quantitative estimate of drug-likeness (QED) is 0.0631. The van der Waals surface area contributed by atoms with Gasteiger partial charge in [-0.1, -0.05) is 0 Å². The molecule has 18 aromatic heterocycles. The number of aromatic nitrogens is 24. The number of nitrogens with one attached hydrogen (secondary N) is 12. The summed E-state index contributed by atoms with van der Waals surface area (Å²) in [6.45, 7) is 0. The van der Waals surface area contributed by atoms with E-state index in [4.69, 9.17) is 0 Å². The molecule has 30 heterocycles. The number of nitrogens with zero attached hydrogens (tertiary/aromatic N) is 12. The van der Waals surface area contributed by atoms with E-state index in [1.165, 1.54) is 0 Å². The zero-order chi connectivity index (χ0) is 95.6. The molecule has 0 saturated carbocycles. The van der Waals surface area contributed by atoms with Crippen LogP contribution in [0.2, 0.25) is 0 Å². The largest absolute Gasteiger partial charge is 0.355 e. The standard InChI is InChI=1S/6C20H14N4.Cu/c6*1-2-14-10-16-5-6-18(23-16)12-20-8-7-19(24-20)11-17-4-3-15(22-17)9-13(1)21-14;/h6*1-12,21,24H;. The van der Waals surface area contributed by atoms with E-state index >= 15 is 0 Å². The molecular formula is C120H84CuN24. The number of hydrogen-bond donors (Lipinski definition) is 12. The minimum Gasteiger partial charge on any atom is -0.355 e. The molecule has 0 fully saturated rings. The molecule has 30 rings (SSSR count). The normalized spacial score (nSPS) is 12.6. The molecule has 0 saturated heterocycles. The summed E-state index contributed by atoms with van der Waals surface area (Å²) < 4.78 is 0. The van der Waals surface area contributed by atoms with Gasteiger partial charge in [-0.15, -0.1) is 0 Å². The molecule has 145 heavy (non-hydrogen) atoms. The molecule has 12 aliphatic rings. The maximum absolute atomic E-state index is 4.63. The van der Waals surface area contributed by atoms with Crippen LogP contribution in [0.5, 0.6) is 0 Å². The fourth-order valence-corrected chi connectivity index (χ4v) is 17.7. The van der Waals surface area contributed by atoms with Crippen molar-refractivity contribution in [2.75, 3.05) is 0 Å². The van der Waals surface area contributed by atoms with Crippen LogP contribution in [0.3, 0.4) is 0 Å². The first-order valence-electron chi connectivity index (χ1n) is 47.1. The maximum atomic E-state index is 4.63. The summed E-state index contributed by atoms with van der Waals surface area (Å²) in [5.41, 5.74) is 47.2. The molecule has 24 nitrogen and oxygen atoms in total. The monoisotopic (exact) mass is 1920 g/mol. The van der Waals surface area contributed by atoms with Crippen LogP contribution < -0.4 is 0 Å². The van der Waals surface area contributed by atoms with Crippen molar-refractivity contribution in [3.63, 3.8) is 0 Å². The fraction of sp³-hybridized carbons (Fsp3) is 0. The molecule has 1 radical (unpaired) electrons. The summed E-state index contributed by atoms with van der Waals surface area (Å²) >= 11 is 0. The van der Waals surface area contributed by atoms with E-state index < -0.39 is 0 Å². The number of aromatic amines is 12. The van der Waals surface area contributed by atoms with Crippen molar-refractivity contribution in [2.45, 2.75) is 0 Å². The molecule has 0 amide bonds. The van der Waals surface area contributed by atoms with Crippen LogP contribution in [0.1, 0.15) is 137 Å². The van der Waals surface area contributed by atoms with E-state index in [1.54, 1.807) is 0 Å². The van der Waals surface area contributed by atoms with Crippen LogP contribution in [-0.4, -0.2) is 120 Å². The van der Waals surface area contributed by atoms with Gasteiger partial charge in [-0.25, -0.2) is 59.8 Å². The van der Waals surface area contributed by atoms with Crippen molar-refractivity contribution in [1.82, 2.24) is 120 Å². The SMILES string of the molecule is C1=Cc2cc3ccc(cc4nc(cc5ccc(cc1n2)[nH]5)C=C4)[nH]3.C1=Cc2cc3ccc(cc4nc(cc5ccc(cc1n2)[nH]5)C=C4)[nH]3.C1=Cc2cc3ccc(cc4nc(cc5ccc(cc1n2)[nH]5)C=C4)[nH]3.C1=Cc2cc3ccc(cc4nc(cc5ccc(cc1n2)[nH]5)C=C4)[nH]3.C1=Cc2cc3ccc(cc4nc(cc5ccc(cc1n2)[nH]5)C=C4)[nH]3.C1=Cc2cc3ccc(cc4nc(cc5ccc(cc1n2)[nH]5)C=C4)[nH]3.[Cu]. The molecule has 18 aromatic rings. The predicted molar refractivity (Wildman–Crippen MR) is 593 cm³/mol. The molecule has 48 bridgehead atoms. The van der Waals surface area contributed by atoms with Gasteiger partial charge >= 0.3 is 0 Å². The predicted octanol–water partition coefficient (Wildman–Crippen LogP) is 27.9. The molecule has 12 aliphatic heterocycles. The van der Waals surface area contributed by atoms with Gasteiger partial charge in [0.25, 0.3) is 0 Å². The van der Waals surface area contributed by atoms with E-state index in [1.807, 2.05) is 291 Å². The summed E-state index contributed by atoms with van der Waals surface area (Å²) in [7, 11) is 0. The fourth-order valence-electron chi connectivity index (χ4n) is 17.7. The molecule has 0 atom stereocenters. The Morgan fingerprint density at radius 3 is 0.179 bits per heavy atom. The second-order valence-corrected chi connectivity index (χ2v) is 35.4. The van der Waals surface area contributed by atoms with Crippen LogP contribution in [0.15, 0.2) is 291 Å². The van der Waals surface area contributed by atoms with Crippen LogP contribution in [0, 0.1) is 0 Å². The third kappa shape index (κ3) is 21.7. The Morgan fingerprint density at radius 2 is 0.131 bits per heavy atom. The minimum atomic E-state index is 0. The van der Waals surface area contributed by atoms with Gasteiger partial charge in [0.2, 0.25) is 0 Å². The second-order valence-electron chi connectivity index (χ2n) is 35.4. The topological polar surface area (TPSA) is 344 Å². The first-order valence-corrected chi connectivity index (χ1v) is 47.1. The third-order valence-corrected chi connectivity index (χ3v) is 24.3. The van der Waals surface area contributed by atoms with Gasteiger partial charge in [-0.05, 0) is 437 Å². The third-order valence-electron chi connectivity index (χ3n) is 24.3. The smallest absolute Gasteiger partial charge is 0.0658 e. The Morgan fingerprint density at radius 1 is 0.0828 bits per heavy atom. The first-order chi connectivity index (χ1) is 70.8. The number of H-pyrrole nitrogens is 12. The Balaban J connectivity index is 0.0000000933. The van der Waals surface area contributed by atoms with E-state index in [0.29, 0.717) is 0 Å². The van der Waals surface area contributed by atoms with Crippen LogP contribution in [-0.2, 0) is 17.1 Å². The van der Waals surface area contributed by atoms with Crippen molar-refractivity contribution >= 4 is 278 Å². The van der Waals surface area contributed by atoms with Crippen LogP contribution >= 0.6 is 0 Å².